The number of hydrogen-bond acceptors (Lipinski definition) is 4. The molecule has 6 heteroatoms. The molecule has 1 aliphatic rings. The largest absolute Gasteiger partial charge is 0.337 e. The lowest BCUT2D eigenvalue weighted by molar-refractivity contribution is 0.360. The Morgan fingerprint density at radius 1 is 1.41 bits per heavy atom. The van der Waals surface area contributed by atoms with Crippen molar-refractivity contribution in [2.45, 2.75) is 39.2 Å². The summed E-state index contributed by atoms with van der Waals surface area (Å²) in [5.41, 5.74) is 2.05. The predicted octanol–water partition coefficient (Wildman–Crippen LogP) is 2.57. The molecule has 0 aromatic carbocycles. The summed E-state index contributed by atoms with van der Waals surface area (Å²) in [6.07, 6.45) is 2.37. The highest BCUT2D eigenvalue weighted by molar-refractivity contribution is 9.10. The molecule has 17 heavy (non-hydrogen) atoms. The molecule has 0 radical (unpaired) electrons. The summed E-state index contributed by atoms with van der Waals surface area (Å²) in [7, 11) is 0. The van der Waals surface area contributed by atoms with Crippen LogP contribution in [0, 0.1) is 13.8 Å². The van der Waals surface area contributed by atoms with Crippen LogP contribution in [0.15, 0.2) is 9.00 Å². The van der Waals surface area contributed by atoms with E-state index in [0.717, 1.165) is 21.7 Å². The molecular weight excluding hydrogens is 284 g/mol. The Bertz CT molecular complexity index is 556. The van der Waals surface area contributed by atoms with E-state index >= 15 is 0 Å². The van der Waals surface area contributed by atoms with Crippen molar-refractivity contribution in [3.63, 3.8) is 0 Å². The van der Waals surface area contributed by atoms with E-state index in [4.69, 9.17) is 4.52 Å². The van der Waals surface area contributed by atoms with E-state index in [1.54, 1.807) is 0 Å². The fourth-order valence-corrected chi connectivity index (χ4v) is 2.08. The zero-order valence-corrected chi connectivity index (χ0v) is 11.4. The first kappa shape index (κ1) is 11.0. The Hall–Kier alpha value is -1.17. The molecule has 5 nitrogen and oxygen atoms in total. The van der Waals surface area contributed by atoms with Crippen LogP contribution in [-0.2, 0) is 6.54 Å². The van der Waals surface area contributed by atoms with Crippen molar-refractivity contribution in [2.24, 2.45) is 0 Å². The maximum absolute atomic E-state index is 5.24. The van der Waals surface area contributed by atoms with E-state index < -0.39 is 0 Å². The van der Waals surface area contributed by atoms with Crippen LogP contribution in [0.4, 0.5) is 0 Å². The van der Waals surface area contributed by atoms with Gasteiger partial charge >= 0.3 is 0 Å². The topological polar surface area (TPSA) is 56.7 Å². The number of hydrogen-bond donors (Lipinski definition) is 0. The first-order chi connectivity index (χ1) is 8.15. The molecule has 1 fully saturated rings. The van der Waals surface area contributed by atoms with Gasteiger partial charge in [0.2, 0.25) is 5.89 Å². The Labute approximate surface area is 107 Å². The summed E-state index contributed by atoms with van der Waals surface area (Å²) in [6.45, 7) is 4.53. The Morgan fingerprint density at radius 2 is 2.18 bits per heavy atom. The minimum absolute atomic E-state index is 0.527. The van der Waals surface area contributed by atoms with Gasteiger partial charge in [0.1, 0.15) is 6.54 Å². The summed E-state index contributed by atoms with van der Waals surface area (Å²) in [5.74, 6) is 2.00. The van der Waals surface area contributed by atoms with Gasteiger partial charge in [-0.3, -0.25) is 4.68 Å². The number of aryl methyl sites for hydroxylation is 1. The lowest BCUT2D eigenvalue weighted by Gasteiger charge is -1.98. The van der Waals surface area contributed by atoms with Crippen molar-refractivity contribution in [3.8, 4) is 0 Å². The lowest BCUT2D eigenvalue weighted by Crippen LogP contribution is -2.04. The van der Waals surface area contributed by atoms with Crippen molar-refractivity contribution in [2.75, 3.05) is 0 Å². The van der Waals surface area contributed by atoms with Crippen LogP contribution < -0.4 is 0 Å². The van der Waals surface area contributed by atoms with Gasteiger partial charge in [0.25, 0.3) is 0 Å². The van der Waals surface area contributed by atoms with Gasteiger partial charge < -0.3 is 4.52 Å². The molecule has 1 saturated carbocycles. The highest BCUT2D eigenvalue weighted by Crippen LogP contribution is 2.38. The number of aromatic nitrogens is 4. The SMILES string of the molecule is Cc1nn(Cc2nc(C3CC3)no2)c(C)c1Br. The minimum atomic E-state index is 0.527. The van der Waals surface area contributed by atoms with Gasteiger partial charge in [0.15, 0.2) is 5.82 Å². The summed E-state index contributed by atoms with van der Waals surface area (Å²) in [6, 6.07) is 0. The molecule has 0 atom stereocenters. The van der Waals surface area contributed by atoms with E-state index in [2.05, 4.69) is 31.2 Å². The number of rotatable bonds is 3. The van der Waals surface area contributed by atoms with E-state index in [1.807, 2.05) is 18.5 Å². The molecule has 0 bridgehead atoms. The zero-order chi connectivity index (χ0) is 12.0. The second-order valence-electron chi connectivity index (χ2n) is 4.46. The standard InChI is InChI=1S/C11H13BrN4O/c1-6-10(12)7(2)16(14-6)5-9-13-11(15-17-9)8-3-4-8/h8H,3-5H2,1-2H3. The molecule has 0 aliphatic heterocycles. The highest BCUT2D eigenvalue weighted by atomic mass is 79.9. The number of halogens is 1. The molecule has 90 valence electrons. The second kappa shape index (κ2) is 3.94. The second-order valence-corrected chi connectivity index (χ2v) is 5.26. The van der Waals surface area contributed by atoms with Crippen molar-refractivity contribution in [1.82, 2.24) is 19.9 Å². The van der Waals surface area contributed by atoms with E-state index in [0.29, 0.717) is 18.4 Å². The van der Waals surface area contributed by atoms with Gasteiger partial charge in [-0.15, -0.1) is 0 Å². The van der Waals surface area contributed by atoms with Gasteiger partial charge in [-0.1, -0.05) is 5.16 Å². The maximum atomic E-state index is 5.24. The van der Waals surface area contributed by atoms with Crippen LogP contribution in [0.2, 0.25) is 0 Å². The van der Waals surface area contributed by atoms with Crippen LogP contribution in [0.25, 0.3) is 0 Å². The first-order valence-electron chi connectivity index (χ1n) is 5.67. The highest BCUT2D eigenvalue weighted by Gasteiger charge is 2.28. The molecule has 1 aliphatic carbocycles. The van der Waals surface area contributed by atoms with Crippen molar-refractivity contribution >= 4 is 15.9 Å². The molecule has 0 amide bonds. The Kier molecular flexibility index (Phi) is 2.54. The molecule has 0 N–H and O–H groups in total. The summed E-state index contributed by atoms with van der Waals surface area (Å²) < 4.78 is 8.16. The minimum Gasteiger partial charge on any atom is -0.337 e. The number of nitrogens with zero attached hydrogens (tertiary/aromatic N) is 4. The van der Waals surface area contributed by atoms with E-state index in [-0.39, 0.29) is 0 Å². The molecule has 0 saturated heterocycles. The summed E-state index contributed by atoms with van der Waals surface area (Å²) >= 11 is 3.50. The van der Waals surface area contributed by atoms with Crippen LogP contribution in [0.1, 0.15) is 41.9 Å². The summed E-state index contributed by atoms with van der Waals surface area (Å²) in [5, 5.41) is 8.41. The maximum Gasteiger partial charge on any atom is 0.248 e. The summed E-state index contributed by atoms with van der Waals surface area (Å²) in [4.78, 5) is 4.39. The van der Waals surface area contributed by atoms with Crippen molar-refractivity contribution in [1.29, 1.82) is 0 Å². The third-order valence-electron chi connectivity index (χ3n) is 3.00. The van der Waals surface area contributed by atoms with Gasteiger partial charge in [0, 0.05) is 5.92 Å². The van der Waals surface area contributed by atoms with Crippen LogP contribution in [-0.4, -0.2) is 19.9 Å². The van der Waals surface area contributed by atoms with Gasteiger partial charge in [0.05, 0.1) is 15.9 Å². The van der Waals surface area contributed by atoms with Gasteiger partial charge in [-0.05, 0) is 42.6 Å². The smallest absolute Gasteiger partial charge is 0.248 e. The molecule has 2 aromatic rings. The van der Waals surface area contributed by atoms with Crippen LogP contribution in [0.3, 0.4) is 0 Å². The normalized spacial score (nSPS) is 15.5. The van der Waals surface area contributed by atoms with E-state index in [1.165, 1.54) is 12.8 Å². The fourth-order valence-electron chi connectivity index (χ4n) is 1.80. The average molecular weight is 297 g/mol. The van der Waals surface area contributed by atoms with Crippen molar-refractivity contribution < 1.29 is 4.52 Å². The predicted molar refractivity (Wildman–Crippen MR) is 64.8 cm³/mol. The molecule has 3 rings (SSSR count). The third kappa shape index (κ3) is 2.01. The first-order valence-corrected chi connectivity index (χ1v) is 6.46. The lowest BCUT2D eigenvalue weighted by atomic mass is 10.4. The fraction of sp³-hybridized carbons (Fsp3) is 0.545. The Morgan fingerprint density at radius 3 is 2.76 bits per heavy atom. The molecule has 0 spiro atoms. The molecular formula is C11H13BrN4O. The van der Waals surface area contributed by atoms with Crippen LogP contribution >= 0.6 is 15.9 Å². The Balaban J connectivity index is 1.82. The monoisotopic (exact) mass is 296 g/mol. The van der Waals surface area contributed by atoms with Gasteiger partial charge in [-0.25, -0.2) is 0 Å². The quantitative estimate of drug-likeness (QED) is 0.873. The molecule has 2 heterocycles. The van der Waals surface area contributed by atoms with Gasteiger partial charge in [-0.2, -0.15) is 10.1 Å². The third-order valence-corrected chi connectivity index (χ3v) is 4.15. The molecule has 0 unspecified atom stereocenters. The average Bonchev–Trinajstić information content (AvgIpc) is 3.02. The molecule has 2 aromatic heterocycles. The van der Waals surface area contributed by atoms with E-state index in [9.17, 15) is 0 Å². The zero-order valence-electron chi connectivity index (χ0n) is 9.77. The van der Waals surface area contributed by atoms with Crippen LogP contribution in [0.5, 0.6) is 0 Å². The van der Waals surface area contributed by atoms with Crippen molar-refractivity contribution in [3.05, 3.63) is 27.6 Å².